The lowest BCUT2D eigenvalue weighted by Gasteiger charge is -2.17. The molecular weight excluding hydrogens is 310 g/mol. The maximum Gasteiger partial charge on any atom is 0.319 e. The Bertz CT molecular complexity index is 760. The highest BCUT2D eigenvalue weighted by molar-refractivity contribution is 5.87. The zero-order chi connectivity index (χ0) is 17.7. The Morgan fingerprint density at radius 3 is 2.46 bits per heavy atom. The SMILES string of the molecule is C#Cc1ccc2cc(C(C(=O)OCCC(C)C)C(F)F)ccc2c1. The summed E-state index contributed by atoms with van der Waals surface area (Å²) < 4.78 is 31.9. The summed E-state index contributed by atoms with van der Waals surface area (Å²) in [4.78, 5) is 12.1. The molecule has 2 nitrogen and oxygen atoms in total. The molecule has 2 aromatic carbocycles. The third kappa shape index (κ3) is 4.32. The smallest absolute Gasteiger partial charge is 0.319 e. The number of carbonyl (C=O) groups excluding carboxylic acids is 1. The molecule has 2 aromatic rings. The van der Waals surface area contributed by atoms with Crippen LogP contribution < -0.4 is 0 Å². The minimum Gasteiger partial charge on any atom is -0.465 e. The third-order valence-electron chi connectivity index (χ3n) is 3.84. The molecule has 0 fully saturated rings. The lowest BCUT2D eigenvalue weighted by atomic mass is 9.96. The first-order valence-corrected chi connectivity index (χ1v) is 7.87. The van der Waals surface area contributed by atoms with Gasteiger partial charge in [-0.3, -0.25) is 4.79 Å². The van der Waals surface area contributed by atoms with Crippen LogP contribution in [0.2, 0.25) is 0 Å². The van der Waals surface area contributed by atoms with E-state index < -0.39 is 18.3 Å². The highest BCUT2D eigenvalue weighted by Crippen LogP contribution is 2.28. The quantitative estimate of drug-likeness (QED) is 0.564. The summed E-state index contributed by atoms with van der Waals surface area (Å²) in [6.45, 7) is 4.11. The standard InChI is InChI=1S/C20H20F2O2/c1-4-14-5-6-16-12-17(8-7-15(16)11-14)18(19(21)22)20(23)24-10-9-13(2)3/h1,5-8,11-13,18-19H,9-10H2,2-3H3. The van der Waals surface area contributed by atoms with Crippen LogP contribution in [0.5, 0.6) is 0 Å². The van der Waals surface area contributed by atoms with Gasteiger partial charge in [-0.25, -0.2) is 8.78 Å². The van der Waals surface area contributed by atoms with Crippen molar-refractivity contribution in [1.82, 2.24) is 0 Å². The van der Waals surface area contributed by atoms with E-state index >= 15 is 0 Å². The van der Waals surface area contributed by atoms with Gasteiger partial charge in [0.2, 0.25) is 0 Å². The number of carbonyl (C=O) groups is 1. The van der Waals surface area contributed by atoms with E-state index in [9.17, 15) is 13.6 Å². The van der Waals surface area contributed by atoms with Crippen LogP contribution in [0, 0.1) is 18.3 Å². The Kier molecular flexibility index (Phi) is 5.92. The Morgan fingerprint density at radius 1 is 1.17 bits per heavy atom. The summed E-state index contributed by atoms with van der Waals surface area (Å²) >= 11 is 0. The van der Waals surface area contributed by atoms with E-state index in [1.54, 1.807) is 30.3 Å². The van der Waals surface area contributed by atoms with Crippen molar-refractivity contribution >= 4 is 16.7 Å². The molecule has 0 N–H and O–H groups in total. The molecule has 0 radical (unpaired) electrons. The molecule has 24 heavy (non-hydrogen) atoms. The fourth-order valence-corrected chi connectivity index (χ4v) is 2.42. The molecule has 1 unspecified atom stereocenters. The van der Waals surface area contributed by atoms with Crippen LogP contribution in [0.4, 0.5) is 8.78 Å². The maximum atomic E-state index is 13.4. The van der Waals surface area contributed by atoms with E-state index in [1.165, 1.54) is 6.07 Å². The number of benzene rings is 2. The van der Waals surface area contributed by atoms with Crippen molar-refractivity contribution in [1.29, 1.82) is 0 Å². The number of hydrogen-bond donors (Lipinski definition) is 0. The van der Waals surface area contributed by atoms with Crippen molar-refractivity contribution < 1.29 is 18.3 Å². The molecule has 1 atom stereocenters. The Hall–Kier alpha value is -2.41. The number of terminal acetylenes is 1. The predicted molar refractivity (Wildman–Crippen MR) is 91.0 cm³/mol. The number of halogens is 2. The maximum absolute atomic E-state index is 13.4. The van der Waals surface area contributed by atoms with Gasteiger partial charge in [-0.1, -0.05) is 44.0 Å². The molecule has 0 spiro atoms. The van der Waals surface area contributed by atoms with Crippen molar-refractivity contribution in [2.75, 3.05) is 6.61 Å². The van der Waals surface area contributed by atoms with Gasteiger partial charge >= 0.3 is 5.97 Å². The van der Waals surface area contributed by atoms with E-state index in [-0.39, 0.29) is 12.2 Å². The monoisotopic (exact) mass is 330 g/mol. The highest BCUT2D eigenvalue weighted by atomic mass is 19.3. The molecule has 0 heterocycles. The number of rotatable bonds is 6. The summed E-state index contributed by atoms with van der Waals surface area (Å²) in [6.07, 6.45) is 3.18. The lowest BCUT2D eigenvalue weighted by Crippen LogP contribution is -2.23. The third-order valence-corrected chi connectivity index (χ3v) is 3.84. The number of alkyl halides is 2. The second kappa shape index (κ2) is 7.92. The van der Waals surface area contributed by atoms with Gasteiger partial charge in [0, 0.05) is 5.56 Å². The number of esters is 1. The van der Waals surface area contributed by atoms with Gasteiger partial charge in [0.05, 0.1) is 6.61 Å². The minimum absolute atomic E-state index is 0.152. The van der Waals surface area contributed by atoms with Crippen molar-refractivity contribution in [3.05, 3.63) is 47.5 Å². The lowest BCUT2D eigenvalue weighted by molar-refractivity contribution is -0.149. The van der Waals surface area contributed by atoms with Gasteiger partial charge in [-0.05, 0) is 40.8 Å². The van der Waals surface area contributed by atoms with Gasteiger partial charge < -0.3 is 4.74 Å². The molecular formula is C20H20F2O2. The minimum atomic E-state index is -2.82. The van der Waals surface area contributed by atoms with Crippen LogP contribution in [-0.4, -0.2) is 19.0 Å². The van der Waals surface area contributed by atoms with Gasteiger partial charge in [0.25, 0.3) is 6.43 Å². The van der Waals surface area contributed by atoms with Crippen LogP contribution in [0.25, 0.3) is 10.8 Å². The topological polar surface area (TPSA) is 26.3 Å². The second-order valence-corrected chi connectivity index (χ2v) is 6.13. The average molecular weight is 330 g/mol. The summed E-state index contributed by atoms with van der Waals surface area (Å²) in [6, 6.07) is 10.1. The summed E-state index contributed by atoms with van der Waals surface area (Å²) in [5, 5.41) is 1.60. The first-order valence-electron chi connectivity index (χ1n) is 7.87. The van der Waals surface area contributed by atoms with Crippen molar-refractivity contribution in [3.63, 3.8) is 0 Å². The number of hydrogen-bond acceptors (Lipinski definition) is 2. The second-order valence-electron chi connectivity index (χ2n) is 6.13. The Morgan fingerprint density at radius 2 is 1.83 bits per heavy atom. The molecule has 2 rings (SSSR count). The number of ether oxygens (including phenoxy) is 1. The Labute approximate surface area is 140 Å². The van der Waals surface area contributed by atoms with Gasteiger partial charge in [-0.15, -0.1) is 6.42 Å². The van der Waals surface area contributed by atoms with E-state index in [1.807, 2.05) is 13.8 Å². The largest absolute Gasteiger partial charge is 0.465 e. The first-order chi connectivity index (χ1) is 11.4. The predicted octanol–water partition coefficient (Wildman–Crippen LogP) is 4.76. The van der Waals surface area contributed by atoms with E-state index in [4.69, 9.17) is 11.2 Å². The van der Waals surface area contributed by atoms with E-state index in [0.717, 1.165) is 10.8 Å². The van der Waals surface area contributed by atoms with Crippen LogP contribution in [0.3, 0.4) is 0 Å². The zero-order valence-corrected chi connectivity index (χ0v) is 13.8. The molecule has 0 aliphatic heterocycles. The molecule has 0 aliphatic carbocycles. The fraction of sp³-hybridized carbons (Fsp3) is 0.350. The van der Waals surface area contributed by atoms with Crippen molar-refractivity contribution in [2.45, 2.75) is 32.6 Å². The van der Waals surface area contributed by atoms with Crippen LogP contribution >= 0.6 is 0 Å². The molecule has 0 amide bonds. The molecule has 0 aromatic heterocycles. The molecule has 0 saturated heterocycles. The molecule has 4 heteroatoms. The summed E-state index contributed by atoms with van der Waals surface area (Å²) in [5.74, 6) is 0.413. The van der Waals surface area contributed by atoms with Crippen LogP contribution in [-0.2, 0) is 9.53 Å². The molecule has 0 saturated carbocycles. The fourth-order valence-electron chi connectivity index (χ4n) is 2.42. The molecule has 126 valence electrons. The van der Waals surface area contributed by atoms with Crippen molar-refractivity contribution in [2.24, 2.45) is 5.92 Å². The Balaban J connectivity index is 2.26. The summed E-state index contributed by atoms with van der Waals surface area (Å²) in [7, 11) is 0. The summed E-state index contributed by atoms with van der Waals surface area (Å²) in [5.41, 5.74) is 0.967. The van der Waals surface area contributed by atoms with Crippen molar-refractivity contribution in [3.8, 4) is 12.3 Å². The van der Waals surface area contributed by atoms with Gasteiger partial charge in [0.15, 0.2) is 0 Å². The zero-order valence-electron chi connectivity index (χ0n) is 13.8. The molecule has 0 aliphatic rings. The van der Waals surface area contributed by atoms with Crippen LogP contribution in [0.15, 0.2) is 36.4 Å². The van der Waals surface area contributed by atoms with E-state index in [0.29, 0.717) is 17.9 Å². The normalized spacial score (nSPS) is 12.4. The molecule has 0 bridgehead atoms. The van der Waals surface area contributed by atoms with Crippen LogP contribution in [0.1, 0.15) is 37.3 Å². The number of fused-ring (bicyclic) bond motifs is 1. The van der Waals surface area contributed by atoms with Gasteiger partial charge in [-0.2, -0.15) is 0 Å². The van der Waals surface area contributed by atoms with Gasteiger partial charge in [0.1, 0.15) is 5.92 Å². The highest BCUT2D eigenvalue weighted by Gasteiger charge is 2.31. The van der Waals surface area contributed by atoms with E-state index in [2.05, 4.69) is 5.92 Å². The first kappa shape index (κ1) is 17.9. The average Bonchev–Trinajstić information content (AvgIpc) is 2.53.